The Morgan fingerprint density at radius 2 is 2.12 bits per heavy atom. The normalized spacial score (nSPS) is 16.8. The average molecular weight is 253 g/mol. The molecule has 4 heteroatoms. The van der Waals surface area contributed by atoms with Gasteiger partial charge in [-0.3, -0.25) is 5.41 Å². The summed E-state index contributed by atoms with van der Waals surface area (Å²) in [6, 6.07) is 7.69. The second-order valence-corrected chi connectivity index (χ2v) is 5.19. The lowest BCUT2D eigenvalue weighted by Crippen LogP contribution is -2.20. The van der Waals surface area contributed by atoms with Crippen LogP contribution in [0.5, 0.6) is 0 Å². The number of ether oxygens (including phenoxy) is 1. The van der Waals surface area contributed by atoms with Crippen molar-refractivity contribution in [1.82, 2.24) is 0 Å². The van der Waals surface area contributed by atoms with Gasteiger partial charge in [-0.15, -0.1) is 0 Å². The number of benzene rings is 1. The summed E-state index contributed by atoms with van der Waals surface area (Å²) in [5, 5.41) is 8.06. The van der Waals surface area contributed by atoms with Crippen molar-refractivity contribution < 1.29 is 4.74 Å². The van der Waals surface area contributed by atoms with Crippen molar-refractivity contribution in [2.45, 2.75) is 25.9 Å². The van der Waals surface area contributed by atoms with E-state index in [2.05, 4.69) is 0 Å². The number of hydrogen-bond acceptors (Lipinski definition) is 2. The van der Waals surface area contributed by atoms with Crippen LogP contribution in [0.2, 0.25) is 5.02 Å². The van der Waals surface area contributed by atoms with E-state index in [9.17, 15) is 0 Å². The molecule has 3 N–H and O–H groups in total. The van der Waals surface area contributed by atoms with Gasteiger partial charge in [-0.25, -0.2) is 0 Å². The lowest BCUT2D eigenvalue weighted by atomic mass is 10.0. The van der Waals surface area contributed by atoms with Crippen LogP contribution < -0.4 is 5.73 Å². The molecule has 1 aliphatic rings. The summed E-state index contributed by atoms with van der Waals surface area (Å²) < 4.78 is 5.69. The molecule has 0 aliphatic heterocycles. The molecule has 0 saturated heterocycles. The maximum absolute atomic E-state index is 7.32. The number of amidine groups is 1. The Morgan fingerprint density at radius 3 is 2.71 bits per heavy atom. The fourth-order valence-corrected chi connectivity index (χ4v) is 2.14. The average Bonchev–Trinajstić information content (AvgIpc) is 3.00. The molecule has 1 aliphatic carbocycles. The topological polar surface area (TPSA) is 59.1 Å². The van der Waals surface area contributed by atoms with Crippen LogP contribution in [0.25, 0.3) is 0 Å². The predicted octanol–water partition coefficient (Wildman–Crippen LogP) is 2.96. The highest BCUT2D eigenvalue weighted by molar-refractivity contribution is 6.31. The quantitative estimate of drug-likeness (QED) is 0.604. The fraction of sp³-hybridized carbons (Fsp3) is 0.462. The van der Waals surface area contributed by atoms with Gasteiger partial charge in [0.05, 0.1) is 19.0 Å². The minimum atomic E-state index is 0.132. The van der Waals surface area contributed by atoms with E-state index in [1.165, 1.54) is 0 Å². The molecule has 0 radical (unpaired) electrons. The van der Waals surface area contributed by atoms with Crippen LogP contribution in [-0.4, -0.2) is 12.4 Å². The molecule has 1 aromatic carbocycles. The van der Waals surface area contributed by atoms with Crippen LogP contribution >= 0.6 is 11.6 Å². The highest BCUT2D eigenvalue weighted by atomic mass is 35.5. The Kier molecular flexibility index (Phi) is 3.69. The van der Waals surface area contributed by atoms with Crippen LogP contribution in [0.1, 0.15) is 24.8 Å². The van der Waals surface area contributed by atoms with Crippen molar-refractivity contribution in [3.8, 4) is 0 Å². The van der Waals surface area contributed by atoms with Gasteiger partial charge in [0, 0.05) is 16.9 Å². The van der Waals surface area contributed by atoms with E-state index in [1.54, 1.807) is 0 Å². The Hall–Kier alpha value is -1.06. The first kappa shape index (κ1) is 12.4. The Bertz CT molecular complexity index is 416. The summed E-state index contributed by atoms with van der Waals surface area (Å²) in [6.45, 7) is 1.19. The molecule has 2 rings (SSSR count). The molecule has 1 aromatic rings. The Labute approximate surface area is 106 Å². The SMILES string of the molecule is N=C(N)CC1(COCc2ccccc2Cl)CC1. The van der Waals surface area contributed by atoms with E-state index >= 15 is 0 Å². The minimum Gasteiger partial charge on any atom is -0.388 e. The van der Waals surface area contributed by atoms with Crippen molar-refractivity contribution in [2.75, 3.05) is 6.61 Å². The number of hydrogen-bond donors (Lipinski definition) is 2. The molecule has 0 bridgehead atoms. The van der Waals surface area contributed by atoms with Gasteiger partial charge in [0.2, 0.25) is 0 Å². The van der Waals surface area contributed by atoms with Gasteiger partial charge < -0.3 is 10.5 Å². The van der Waals surface area contributed by atoms with Crippen LogP contribution in [0, 0.1) is 10.8 Å². The predicted molar refractivity (Wildman–Crippen MR) is 69.3 cm³/mol. The van der Waals surface area contributed by atoms with Gasteiger partial charge in [-0.2, -0.15) is 0 Å². The first-order valence-electron chi connectivity index (χ1n) is 5.75. The van der Waals surface area contributed by atoms with Gasteiger partial charge in [-0.1, -0.05) is 29.8 Å². The molecule has 0 heterocycles. The lowest BCUT2D eigenvalue weighted by Gasteiger charge is -2.14. The molecule has 0 amide bonds. The molecule has 92 valence electrons. The molecule has 0 aromatic heterocycles. The standard InChI is InChI=1S/C13H17ClN2O/c14-11-4-2-1-3-10(11)8-17-9-13(5-6-13)7-12(15)16/h1-4H,5-9H2,(H3,15,16). The van der Waals surface area contributed by atoms with Gasteiger partial charge in [-0.05, 0) is 24.5 Å². The van der Waals surface area contributed by atoms with Crippen molar-refractivity contribution in [3.05, 3.63) is 34.9 Å². The summed E-state index contributed by atoms with van der Waals surface area (Å²) in [5.41, 5.74) is 6.57. The largest absolute Gasteiger partial charge is 0.388 e. The van der Waals surface area contributed by atoms with Crippen molar-refractivity contribution >= 4 is 17.4 Å². The van der Waals surface area contributed by atoms with E-state index in [4.69, 9.17) is 27.5 Å². The Morgan fingerprint density at radius 1 is 1.41 bits per heavy atom. The molecule has 0 spiro atoms. The number of nitrogens with two attached hydrogens (primary N) is 1. The zero-order valence-corrected chi connectivity index (χ0v) is 10.5. The van der Waals surface area contributed by atoms with Gasteiger partial charge in [0.1, 0.15) is 0 Å². The first-order valence-corrected chi connectivity index (χ1v) is 6.13. The van der Waals surface area contributed by atoms with E-state index in [0.717, 1.165) is 23.4 Å². The van der Waals surface area contributed by atoms with Crippen molar-refractivity contribution in [1.29, 1.82) is 5.41 Å². The van der Waals surface area contributed by atoms with E-state index in [0.29, 0.717) is 19.6 Å². The van der Waals surface area contributed by atoms with Gasteiger partial charge in [0.25, 0.3) is 0 Å². The summed E-state index contributed by atoms with van der Waals surface area (Å²) in [7, 11) is 0. The van der Waals surface area contributed by atoms with Crippen molar-refractivity contribution in [2.24, 2.45) is 11.1 Å². The number of rotatable bonds is 6. The molecular formula is C13H17ClN2O. The molecule has 0 unspecified atom stereocenters. The third-order valence-corrected chi connectivity index (χ3v) is 3.51. The van der Waals surface area contributed by atoms with E-state index in [-0.39, 0.29) is 11.3 Å². The minimum absolute atomic E-state index is 0.132. The van der Waals surface area contributed by atoms with E-state index < -0.39 is 0 Å². The van der Waals surface area contributed by atoms with E-state index in [1.807, 2.05) is 24.3 Å². The van der Waals surface area contributed by atoms with Crippen LogP contribution in [0.4, 0.5) is 0 Å². The summed E-state index contributed by atoms with van der Waals surface area (Å²) in [5.74, 6) is 0.254. The maximum atomic E-state index is 7.32. The highest BCUT2D eigenvalue weighted by Crippen LogP contribution is 2.48. The zero-order valence-electron chi connectivity index (χ0n) is 9.71. The van der Waals surface area contributed by atoms with Crippen LogP contribution in [0.15, 0.2) is 24.3 Å². The molecular weight excluding hydrogens is 236 g/mol. The summed E-state index contributed by atoms with van der Waals surface area (Å²) >= 11 is 6.04. The van der Waals surface area contributed by atoms with Crippen molar-refractivity contribution in [3.63, 3.8) is 0 Å². The first-order chi connectivity index (χ1) is 8.11. The van der Waals surface area contributed by atoms with Gasteiger partial charge >= 0.3 is 0 Å². The number of nitrogens with one attached hydrogen (secondary N) is 1. The molecule has 1 saturated carbocycles. The maximum Gasteiger partial charge on any atom is 0.0911 e. The fourth-order valence-electron chi connectivity index (χ4n) is 1.95. The number of halogens is 1. The summed E-state index contributed by atoms with van der Waals surface area (Å²) in [6.07, 6.45) is 2.86. The second kappa shape index (κ2) is 5.07. The third kappa shape index (κ3) is 3.45. The van der Waals surface area contributed by atoms with Gasteiger partial charge in [0.15, 0.2) is 0 Å². The highest BCUT2D eigenvalue weighted by Gasteiger charge is 2.43. The molecule has 3 nitrogen and oxygen atoms in total. The third-order valence-electron chi connectivity index (χ3n) is 3.15. The smallest absolute Gasteiger partial charge is 0.0911 e. The monoisotopic (exact) mass is 252 g/mol. The summed E-state index contributed by atoms with van der Waals surface area (Å²) in [4.78, 5) is 0. The molecule has 17 heavy (non-hydrogen) atoms. The molecule has 0 atom stereocenters. The second-order valence-electron chi connectivity index (χ2n) is 4.79. The molecule has 1 fully saturated rings. The lowest BCUT2D eigenvalue weighted by molar-refractivity contribution is 0.0803. The Balaban J connectivity index is 1.80. The van der Waals surface area contributed by atoms with Crippen LogP contribution in [-0.2, 0) is 11.3 Å². The zero-order chi connectivity index (χ0) is 12.3. The van der Waals surface area contributed by atoms with Crippen LogP contribution in [0.3, 0.4) is 0 Å².